The fourth-order valence-corrected chi connectivity index (χ4v) is 2.23. The molecule has 2 rings (SSSR count). The van der Waals surface area contributed by atoms with Crippen LogP contribution in [0, 0.1) is 0 Å². The Morgan fingerprint density at radius 2 is 1.72 bits per heavy atom. The van der Waals surface area contributed by atoms with E-state index in [1.165, 1.54) is 0 Å². The Balaban J connectivity index is 1.95. The minimum atomic E-state index is -0.889. The van der Waals surface area contributed by atoms with E-state index in [4.69, 9.17) is 9.47 Å². The minimum absolute atomic E-state index is 0.0423. The number of alkyl carbamates (subject to hydrolysis) is 1. The predicted molar refractivity (Wildman–Crippen MR) is 96.4 cm³/mol. The van der Waals surface area contributed by atoms with E-state index in [-0.39, 0.29) is 6.54 Å². The van der Waals surface area contributed by atoms with Crippen molar-refractivity contribution in [2.45, 2.75) is 39.1 Å². The smallest absolute Gasteiger partial charge is 0.407 e. The number of rotatable bonds is 6. The predicted octanol–water partition coefficient (Wildman–Crippen LogP) is 3.82. The summed E-state index contributed by atoms with van der Waals surface area (Å²) >= 11 is 0. The van der Waals surface area contributed by atoms with Gasteiger partial charge in [-0.3, -0.25) is 0 Å². The maximum absolute atomic E-state index is 11.7. The third-order valence-corrected chi connectivity index (χ3v) is 3.35. The molecule has 0 saturated heterocycles. The molecule has 2 N–H and O–H groups in total. The first-order chi connectivity index (χ1) is 11.8. The number of amides is 1. The van der Waals surface area contributed by atoms with Gasteiger partial charge in [-0.1, -0.05) is 48.5 Å². The van der Waals surface area contributed by atoms with Gasteiger partial charge in [0.1, 0.15) is 18.0 Å². The number of aliphatic hydroxyl groups is 1. The summed E-state index contributed by atoms with van der Waals surface area (Å²) in [5.74, 6) is 0.588. The molecule has 0 radical (unpaired) electrons. The lowest BCUT2D eigenvalue weighted by Crippen LogP contribution is -2.34. The molecule has 25 heavy (non-hydrogen) atoms. The quantitative estimate of drug-likeness (QED) is 0.836. The van der Waals surface area contributed by atoms with Crippen molar-refractivity contribution in [2.24, 2.45) is 0 Å². The van der Waals surface area contributed by atoms with Crippen LogP contribution in [0.25, 0.3) is 0 Å². The van der Waals surface area contributed by atoms with Crippen molar-refractivity contribution in [3.63, 3.8) is 0 Å². The molecule has 1 atom stereocenters. The SMILES string of the molecule is CC(C)(C)OC(=O)NCC(O)c1ccccc1OCc1ccccc1. The molecule has 0 aliphatic heterocycles. The van der Waals surface area contributed by atoms with Crippen LogP contribution in [0.5, 0.6) is 5.75 Å². The van der Waals surface area contributed by atoms with Gasteiger partial charge in [0.05, 0.1) is 12.6 Å². The molecule has 0 aromatic heterocycles. The molecule has 1 amide bonds. The summed E-state index contributed by atoms with van der Waals surface area (Å²) in [6.07, 6.45) is -1.45. The van der Waals surface area contributed by atoms with Gasteiger partial charge in [-0.2, -0.15) is 0 Å². The van der Waals surface area contributed by atoms with E-state index in [0.29, 0.717) is 17.9 Å². The number of hydrogen-bond donors (Lipinski definition) is 2. The second kappa shape index (κ2) is 8.53. The summed E-state index contributed by atoms with van der Waals surface area (Å²) in [5, 5.41) is 13.0. The van der Waals surface area contributed by atoms with Gasteiger partial charge in [-0.05, 0) is 32.4 Å². The topological polar surface area (TPSA) is 67.8 Å². The molecule has 0 heterocycles. The number of nitrogens with one attached hydrogen (secondary N) is 1. The molecule has 0 aliphatic rings. The molecule has 1 unspecified atom stereocenters. The number of carbonyl (C=O) groups is 1. The van der Waals surface area contributed by atoms with Gasteiger partial charge in [0.2, 0.25) is 0 Å². The molecule has 0 spiro atoms. The first kappa shape index (κ1) is 18.8. The van der Waals surface area contributed by atoms with Crippen LogP contribution in [0.2, 0.25) is 0 Å². The molecule has 5 nitrogen and oxygen atoms in total. The number of aliphatic hydroxyl groups excluding tert-OH is 1. The Kier molecular flexibility index (Phi) is 6.42. The molecule has 2 aromatic rings. The van der Waals surface area contributed by atoms with Gasteiger partial charge in [-0.25, -0.2) is 4.79 Å². The third-order valence-electron chi connectivity index (χ3n) is 3.35. The molecule has 0 aliphatic carbocycles. The molecule has 0 bridgehead atoms. The standard InChI is InChI=1S/C20H25NO4/c1-20(2,3)25-19(23)21-13-17(22)16-11-7-8-12-18(16)24-14-15-9-5-4-6-10-15/h4-12,17,22H,13-14H2,1-3H3,(H,21,23). The zero-order valence-electron chi connectivity index (χ0n) is 14.9. The summed E-state index contributed by atoms with van der Waals surface area (Å²) in [6.45, 7) is 5.81. The number of ether oxygens (including phenoxy) is 2. The fourth-order valence-electron chi connectivity index (χ4n) is 2.23. The Morgan fingerprint density at radius 1 is 1.08 bits per heavy atom. The first-order valence-corrected chi connectivity index (χ1v) is 8.26. The zero-order valence-corrected chi connectivity index (χ0v) is 14.9. The number of hydrogen-bond acceptors (Lipinski definition) is 4. The van der Waals surface area contributed by atoms with Gasteiger partial charge >= 0.3 is 6.09 Å². The molecule has 2 aromatic carbocycles. The molecule has 0 saturated carbocycles. The summed E-state index contributed by atoms with van der Waals surface area (Å²) in [6, 6.07) is 17.0. The molecular formula is C20H25NO4. The van der Waals surface area contributed by atoms with Gasteiger partial charge < -0.3 is 19.9 Å². The summed E-state index contributed by atoms with van der Waals surface area (Å²) in [7, 11) is 0. The van der Waals surface area contributed by atoms with E-state index in [1.807, 2.05) is 42.5 Å². The summed E-state index contributed by atoms with van der Waals surface area (Å²) < 4.78 is 11.0. The van der Waals surface area contributed by atoms with E-state index in [9.17, 15) is 9.90 Å². The van der Waals surface area contributed by atoms with Crippen LogP contribution < -0.4 is 10.1 Å². The number of benzene rings is 2. The average Bonchev–Trinajstić information content (AvgIpc) is 2.57. The van der Waals surface area contributed by atoms with E-state index in [2.05, 4.69) is 5.32 Å². The molecular weight excluding hydrogens is 318 g/mol. The average molecular weight is 343 g/mol. The van der Waals surface area contributed by atoms with Crippen molar-refractivity contribution in [2.75, 3.05) is 6.54 Å². The Labute approximate surface area is 148 Å². The lowest BCUT2D eigenvalue weighted by molar-refractivity contribution is 0.0490. The summed E-state index contributed by atoms with van der Waals surface area (Å²) in [4.78, 5) is 11.7. The van der Waals surface area contributed by atoms with Crippen molar-refractivity contribution < 1.29 is 19.4 Å². The highest BCUT2D eigenvalue weighted by Gasteiger charge is 2.18. The van der Waals surface area contributed by atoms with Gasteiger partial charge in [-0.15, -0.1) is 0 Å². The number of para-hydroxylation sites is 1. The highest BCUT2D eigenvalue weighted by molar-refractivity contribution is 5.67. The van der Waals surface area contributed by atoms with Crippen LogP contribution in [0.4, 0.5) is 4.79 Å². The van der Waals surface area contributed by atoms with Gasteiger partial charge in [0.25, 0.3) is 0 Å². The lowest BCUT2D eigenvalue weighted by atomic mass is 10.1. The van der Waals surface area contributed by atoms with Crippen LogP contribution in [-0.4, -0.2) is 23.3 Å². The van der Waals surface area contributed by atoms with Crippen LogP contribution in [0.3, 0.4) is 0 Å². The van der Waals surface area contributed by atoms with Gasteiger partial charge in [0.15, 0.2) is 0 Å². The van der Waals surface area contributed by atoms with Crippen LogP contribution in [0.1, 0.15) is 38.0 Å². The molecule has 0 fully saturated rings. The fraction of sp³-hybridized carbons (Fsp3) is 0.350. The Hall–Kier alpha value is -2.53. The second-order valence-corrected chi connectivity index (χ2v) is 6.71. The van der Waals surface area contributed by atoms with Crippen LogP contribution >= 0.6 is 0 Å². The monoisotopic (exact) mass is 343 g/mol. The minimum Gasteiger partial charge on any atom is -0.489 e. The highest BCUT2D eigenvalue weighted by Crippen LogP contribution is 2.25. The van der Waals surface area contributed by atoms with Gasteiger partial charge in [0, 0.05) is 5.56 Å². The zero-order chi connectivity index (χ0) is 18.3. The van der Waals surface area contributed by atoms with E-state index >= 15 is 0 Å². The van der Waals surface area contributed by atoms with E-state index in [1.54, 1.807) is 32.9 Å². The number of carbonyl (C=O) groups excluding carboxylic acids is 1. The van der Waals surface area contributed by atoms with Crippen molar-refractivity contribution in [1.29, 1.82) is 0 Å². The van der Waals surface area contributed by atoms with Crippen LogP contribution in [-0.2, 0) is 11.3 Å². The lowest BCUT2D eigenvalue weighted by Gasteiger charge is -2.21. The van der Waals surface area contributed by atoms with Crippen molar-refractivity contribution in [3.8, 4) is 5.75 Å². The molecule has 134 valence electrons. The van der Waals surface area contributed by atoms with E-state index in [0.717, 1.165) is 5.56 Å². The van der Waals surface area contributed by atoms with E-state index < -0.39 is 17.8 Å². The Morgan fingerprint density at radius 3 is 2.40 bits per heavy atom. The second-order valence-electron chi connectivity index (χ2n) is 6.71. The first-order valence-electron chi connectivity index (χ1n) is 8.26. The normalized spacial score (nSPS) is 12.3. The van der Waals surface area contributed by atoms with Crippen molar-refractivity contribution in [1.82, 2.24) is 5.32 Å². The highest BCUT2D eigenvalue weighted by atomic mass is 16.6. The largest absolute Gasteiger partial charge is 0.489 e. The maximum Gasteiger partial charge on any atom is 0.407 e. The maximum atomic E-state index is 11.7. The molecule has 5 heteroatoms. The third kappa shape index (κ3) is 6.47. The van der Waals surface area contributed by atoms with Crippen molar-refractivity contribution >= 4 is 6.09 Å². The summed E-state index contributed by atoms with van der Waals surface area (Å²) in [5.41, 5.74) is 1.08. The van der Waals surface area contributed by atoms with Crippen molar-refractivity contribution in [3.05, 3.63) is 65.7 Å². The Bertz CT molecular complexity index is 680. The van der Waals surface area contributed by atoms with Crippen LogP contribution in [0.15, 0.2) is 54.6 Å².